The number of benzene rings is 2. The van der Waals surface area contributed by atoms with Gasteiger partial charge in [0.2, 0.25) is 5.91 Å². The molecule has 0 saturated heterocycles. The molecular weight excluding hydrogens is 269 g/mol. The molecule has 0 aliphatic carbocycles. The number of carbonyl (C=O) groups excluding carboxylic acids is 1. The Kier molecular flexibility index (Phi) is 5.76. The summed E-state index contributed by atoms with van der Waals surface area (Å²) in [4.78, 5) is 11.7. The highest BCUT2D eigenvalue weighted by atomic mass is 19.1. The minimum Gasteiger partial charge on any atom is -0.494 e. The molecule has 0 spiro atoms. The molecule has 2 rings (SSSR count). The normalized spacial score (nSPS) is 10.1. The average Bonchev–Trinajstić information content (AvgIpc) is 2.48. The maximum absolute atomic E-state index is 13.0. The number of para-hydroxylation sites is 1. The number of amides is 1. The quantitative estimate of drug-likeness (QED) is 0.795. The lowest BCUT2D eigenvalue weighted by atomic mass is 10.1. The van der Waals surface area contributed by atoms with Crippen LogP contribution in [0.4, 0.5) is 4.39 Å². The zero-order valence-electron chi connectivity index (χ0n) is 11.7. The van der Waals surface area contributed by atoms with Crippen LogP contribution in [0.2, 0.25) is 0 Å². The fourth-order valence-corrected chi connectivity index (χ4v) is 1.90. The summed E-state index contributed by atoms with van der Waals surface area (Å²) in [6, 6.07) is 15.6. The summed E-state index contributed by atoms with van der Waals surface area (Å²) in [5, 5.41) is 2.80. The predicted molar refractivity (Wildman–Crippen MR) is 79.7 cm³/mol. The van der Waals surface area contributed by atoms with E-state index < -0.39 is 0 Å². The second-order valence-electron chi connectivity index (χ2n) is 4.67. The Hall–Kier alpha value is -2.36. The van der Waals surface area contributed by atoms with Gasteiger partial charge in [-0.1, -0.05) is 30.3 Å². The summed E-state index contributed by atoms with van der Waals surface area (Å²) in [5.74, 6) is 0.389. The second kappa shape index (κ2) is 8.04. The Morgan fingerprint density at radius 3 is 2.67 bits per heavy atom. The van der Waals surface area contributed by atoms with Crippen molar-refractivity contribution in [2.45, 2.75) is 12.8 Å². The summed E-state index contributed by atoms with van der Waals surface area (Å²) < 4.78 is 18.5. The SMILES string of the molecule is O=C(Cc1cccc(F)c1)NCCCOc1ccccc1. The molecule has 1 N–H and O–H groups in total. The van der Waals surface area contributed by atoms with Crippen LogP contribution in [0.25, 0.3) is 0 Å². The van der Waals surface area contributed by atoms with Crippen LogP contribution in [-0.4, -0.2) is 19.1 Å². The van der Waals surface area contributed by atoms with Crippen molar-refractivity contribution >= 4 is 5.91 Å². The number of hydrogen-bond donors (Lipinski definition) is 1. The number of halogens is 1. The zero-order valence-corrected chi connectivity index (χ0v) is 11.7. The second-order valence-corrected chi connectivity index (χ2v) is 4.67. The number of carbonyl (C=O) groups is 1. The topological polar surface area (TPSA) is 38.3 Å². The summed E-state index contributed by atoms with van der Waals surface area (Å²) >= 11 is 0. The van der Waals surface area contributed by atoms with Gasteiger partial charge < -0.3 is 10.1 Å². The Labute approximate surface area is 123 Å². The van der Waals surface area contributed by atoms with Crippen LogP contribution in [0.1, 0.15) is 12.0 Å². The van der Waals surface area contributed by atoms with Crippen molar-refractivity contribution in [3.63, 3.8) is 0 Å². The van der Waals surface area contributed by atoms with Gasteiger partial charge in [0.05, 0.1) is 13.0 Å². The molecule has 4 heteroatoms. The number of hydrogen-bond acceptors (Lipinski definition) is 2. The molecule has 0 radical (unpaired) electrons. The minimum absolute atomic E-state index is 0.111. The lowest BCUT2D eigenvalue weighted by molar-refractivity contribution is -0.120. The van der Waals surface area contributed by atoms with Crippen LogP contribution < -0.4 is 10.1 Å². The highest BCUT2D eigenvalue weighted by molar-refractivity contribution is 5.78. The number of nitrogens with one attached hydrogen (secondary N) is 1. The van der Waals surface area contributed by atoms with Crippen molar-refractivity contribution in [3.8, 4) is 5.75 Å². The predicted octanol–water partition coefficient (Wildman–Crippen LogP) is 2.95. The fraction of sp³-hybridized carbons (Fsp3) is 0.235. The van der Waals surface area contributed by atoms with Crippen molar-refractivity contribution in [1.29, 1.82) is 0 Å². The van der Waals surface area contributed by atoms with E-state index in [1.54, 1.807) is 12.1 Å². The van der Waals surface area contributed by atoms with Crippen molar-refractivity contribution in [1.82, 2.24) is 5.32 Å². The molecule has 2 aromatic rings. The molecule has 21 heavy (non-hydrogen) atoms. The van der Waals surface area contributed by atoms with Gasteiger partial charge in [-0.2, -0.15) is 0 Å². The first kappa shape index (κ1) is 15.0. The van der Waals surface area contributed by atoms with E-state index in [-0.39, 0.29) is 18.1 Å². The van der Waals surface area contributed by atoms with Crippen LogP contribution in [-0.2, 0) is 11.2 Å². The lowest BCUT2D eigenvalue weighted by Crippen LogP contribution is -2.27. The van der Waals surface area contributed by atoms with Gasteiger partial charge in [-0.25, -0.2) is 4.39 Å². The lowest BCUT2D eigenvalue weighted by Gasteiger charge is -2.07. The molecule has 1 amide bonds. The van der Waals surface area contributed by atoms with E-state index in [0.717, 1.165) is 12.2 Å². The maximum atomic E-state index is 13.0. The monoisotopic (exact) mass is 287 g/mol. The van der Waals surface area contributed by atoms with E-state index in [0.29, 0.717) is 18.7 Å². The first-order valence-corrected chi connectivity index (χ1v) is 6.93. The molecule has 110 valence electrons. The summed E-state index contributed by atoms with van der Waals surface area (Å²) in [5.41, 5.74) is 0.674. The van der Waals surface area contributed by atoms with Gasteiger partial charge in [-0.05, 0) is 36.2 Å². The third-order valence-electron chi connectivity index (χ3n) is 2.91. The van der Waals surface area contributed by atoms with Crippen molar-refractivity contribution in [2.75, 3.05) is 13.2 Å². The summed E-state index contributed by atoms with van der Waals surface area (Å²) in [6.07, 6.45) is 0.918. The third kappa shape index (κ3) is 5.65. The molecule has 0 bridgehead atoms. The summed E-state index contributed by atoms with van der Waals surface area (Å²) in [7, 11) is 0. The van der Waals surface area contributed by atoms with Crippen molar-refractivity contribution < 1.29 is 13.9 Å². The van der Waals surface area contributed by atoms with Crippen LogP contribution in [0.15, 0.2) is 54.6 Å². The third-order valence-corrected chi connectivity index (χ3v) is 2.91. The first-order chi connectivity index (χ1) is 10.2. The molecule has 0 unspecified atom stereocenters. The molecule has 0 atom stereocenters. The minimum atomic E-state index is -0.323. The van der Waals surface area contributed by atoms with Gasteiger partial charge in [0.1, 0.15) is 11.6 Å². The van der Waals surface area contributed by atoms with Crippen molar-refractivity contribution in [2.24, 2.45) is 0 Å². The Balaban J connectivity index is 1.61. The highest BCUT2D eigenvalue weighted by Gasteiger charge is 2.03. The molecule has 0 saturated carbocycles. The van der Waals surface area contributed by atoms with Crippen LogP contribution in [0.3, 0.4) is 0 Å². The number of ether oxygens (including phenoxy) is 1. The maximum Gasteiger partial charge on any atom is 0.224 e. The Bertz CT molecular complexity index is 572. The van der Waals surface area contributed by atoms with Crippen LogP contribution in [0, 0.1) is 5.82 Å². The molecule has 2 aromatic carbocycles. The van der Waals surface area contributed by atoms with E-state index >= 15 is 0 Å². The van der Waals surface area contributed by atoms with E-state index in [1.165, 1.54) is 12.1 Å². The molecule has 0 heterocycles. The van der Waals surface area contributed by atoms with Gasteiger partial charge in [0, 0.05) is 6.54 Å². The molecule has 0 fully saturated rings. The zero-order chi connectivity index (χ0) is 14.9. The smallest absolute Gasteiger partial charge is 0.224 e. The van der Waals surface area contributed by atoms with Crippen LogP contribution >= 0.6 is 0 Å². The number of rotatable bonds is 7. The van der Waals surface area contributed by atoms with E-state index in [2.05, 4.69) is 5.32 Å². The highest BCUT2D eigenvalue weighted by Crippen LogP contribution is 2.08. The largest absolute Gasteiger partial charge is 0.494 e. The summed E-state index contributed by atoms with van der Waals surface area (Å²) in [6.45, 7) is 1.09. The van der Waals surface area contributed by atoms with Gasteiger partial charge in [0.25, 0.3) is 0 Å². The van der Waals surface area contributed by atoms with Gasteiger partial charge >= 0.3 is 0 Å². The standard InChI is InChI=1S/C17H18FNO2/c18-15-7-4-6-14(12-15)13-17(20)19-10-5-11-21-16-8-2-1-3-9-16/h1-4,6-9,12H,5,10-11,13H2,(H,19,20). The average molecular weight is 287 g/mol. The van der Waals surface area contributed by atoms with Crippen LogP contribution in [0.5, 0.6) is 5.75 Å². The fourth-order valence-electron chi connectivity index (χ4n) is 1.90. The Morgan fingerprint density at radius 2 is 1.90 bits per heavy atom. The van der Waals surface area contributed by atoms with E-state index in [9.17, 15) is 9.18 Å². The van der Waals surface area contributed by atoms with E-state index in [1.807, 2.05) is 30.3 Å². The van der Waals surface area contributed by atoms with Gasteiger partial charge in [0.15, 0.2) is 0 Å². The molecule has 0 aromatic heterocycles. The molecular formula is C17H18FNO2. The first-order valence-electron chi connectivity index (χ1n) is 6.93. The molecule has 0 aliphatic heterocycles. The van der Waals surface area contributed by atoms with Gasteiger partial charge in [-0.15, -0.1) is 0 Å². The van der Waals surface area contributed by atoms with Crippen molar-refractivity contribution in [3.05, 3.63) is 66.0 Å². The Morgan fingerprint density at radius 1 is 1.10 bits per heavy atom. The van der Waals surface area contributed by atoms with Gasteiger partial charge in [-0.3, -0.25) is 4.79 Å². The van der Waals surface area contributed by atoms with E-state index in [4.69, 9.17) is 4.74 Å². The molecule has 0 aliphatic rings. The molecule has 3 nitrogen and oxygen atoms in total.